The lowest BCUT2D eigenvalue weighted by Crippen LogP contribution is -2.49. The van der Waals surface area contributed by atoms with Crippen molar-refractivity contribution in [3.8, 4) is 0 Å². The molecule has 3 N–H and O–H groups in total. The van der Waals surface area contributed by atoms with Gasteiger partial charge in [-0.05, 0) is 51.5 Å². The van der Waals surface area contributed by atoms with Gasteiger partial charge in [0.15, 0.2) is 15.3 Å². The van der Waals surface area contributed by atoms with Crippen molar-refractivity contribution in [2.24, 2.45) is 11.8 Å². The Bertz CT molecular complexity index is 952. The van der Waals surface area contributed by atoms with E-state index in [0.717, 1.165) is 12.7 Å². The summed E-state index contributed by atoms with van der Waals surface area (Å²) in [5.41, 5.74) is -1.24. The molecule has 3 atom stereocenters. The third-order valence-electron chi connectivity index (χ3n) is 6.97. The van der Waals surface area contributed by atoms with Crippen LogP contribution in [-0.2, 0) is 30.6 Å². The Morgan fingerprint density at radius 2 is 1.75 bits per heavy atom. The first-order valence-corrected chi connectivity index (χ1v) is 14.5. The number of rotatable bonds is 13. The zero-order valence-corrected chi connectivity index (χ0v) is 22.6. The van der Waals surface area contributed by atoms with E-state index in [-0.39, 0.29) is 25.4 Å². The van der Waals surface area contributed by atoms with Crippen LogP contribution in [0.5, 0.6) is 0 Å². The van der Waals surface area contributed by atoms with Gasteiger partial charge in [0.25, 0.3) is 0 Å². The highest BCUT2D eigenvalue weighted by Gasteiger charge is 2.43. The van der Waals surface area contributed by atoms with Crippen LogP contribution in [0.15, 0.2) is 30.3 Å². The van der Waals surface area contributed by atoms with Crippen LogP contribution in [0.25, 0.3) is 0 Å². The topological polar surface area (TPSA) is 130 Å². The number of nitrogens with one attached hydrogen (secondary N) is 2. The van der Waals surface area contributed by atoms with Gasteiger partial charge < -0.3 is 20.5 Å². The van der Waals surface area contributed by atoms with E-state index < -0.39 is 37.8 Å². The van der Waals surface area contributed by atoms with E-state index in [1.807, 2.05) is 0 Å². The fourth-order valence-corrected chi connectivity index (χ4v) is 6.00. The van der Waals surface area contributed by atoms with Gasteiger partial charge in [-0.25, -0.2) is 8.42 Å². The molecule has 1 aliphatic rings. The molecule has 36 heavy (non-hydrogen) atoms. The van der Waals surface area contributed by atoms with Crippen molar-refractivity contribution in [3.05, 3.63) is 35.9 Å². The molecular formula is C27H42N2O6S. The van der Waals surface area contributed by atoms with Gasteiger partial charge in [0.1, 0.15) is 6.29 Å². The van der Waals surface area contributed by atoms with Crippen LogP contribution < -0.4 is 10.6 Å². The highest BCUT2D eigenvalue weighted by molar-refractivity contribution is 7.93. The maximum absolute atomic E-state index is 13.0. The normalized spacial score (nSPS) is 17.6. The zero-order valence-electron chi connectivity index (χ0n) is 21.7. The summed E-state index contributed by atoms with van der Waals surface area (Å²) in [5.74, 6) is -1.84. The van der Waals surface area contributed by atoms with E-state index >= 15 is 0 Å². The summed E-state index contributed by atoms with van der Waals surface area (Å²) < 4.78 is 24.5. The van der Waals surface area contributed by atoms with Crippen molar-refractivity contribution in [2.75, 3.05) is 6.54 Å². The molecule has 202 valence electrons. The molecule has 0 saturated heterocycles. The molecule has 1 fully saturated rings. The number of aliphatic hydroxyl groups is 1. The fourth-order valence-electron chi connectivity index (χ4n) is 4.62. The van der Waals surface area contributed by atoms with E-state index in [9.17, 15) is 27.9 Å². The minimum absolute atomic E-state index is 0.0000751. The van der Waals surface area contributed by atoms with Crippen LogP contribution in [0.2, 0.25) is 0 Å². The lowest BCUT2D eigenvalue weighted by Gasteiger charge is -2.28. The second-order valence-electron chi connectivity index (χ2n) is 10.8. The van der Waals surface area contributed by atoms with Gasteiger partial charge in [-0.1, -0.05) is 62.4 Å². The van der Waals surface area contributed by atoms with Crippen molar-refractivity contribution in [3.63, 3.8) is 0 Å². The molecule has 0 heterocycles. The Morgan fingerprint density at radius 1 is 1.11 bits per heavy atom. The number of hydrogen-bond acceptors (Lipinski definition) is 6. The highest BCUT2D eigenvalue weighted by atomic mass is 32.2. The molecule has 1 saturated carbocycles. The van der Waals surface area contributed by atoms with Crippen LogP contribution in [0.1, 0.15) is 77.7 Å². The lowest BCUT2D eigenvalue weighted by atomic mass is 9.85. The monoisotopic (exact) mass is 522 g/mol. The van der Waals surface area contributed by atoms with Crippen molar-refractivity contribution in [1.29, 1.82) is 0 Å². The molecular weight excluding hydrogens is 480 g/mol. The number of hydrogen-bond donors (Lipinski definition) is 3. The Hall–Kier alpha value is -2.26. The van der Waals surface area contributed by atoms with Gasteiger partial charge in [0, 0.05) is 12.5 Å². The minimum atomic E-state index is -4.07. The Labute approximate surface area is 215 Å². The minimum Gasteiger partial charge on any atom is -0.376 e. The van der Waals surface area contributed by atoms with Gasteiger partial charge in [0.05, 0.1) is 17.2 Å². The Balaban J connectivity index is 2.02. The quantitative estimate of drug-likeness (QED) is 0.342. The third kappa shape index (κ3) is 9.00. The smallest absolute Gasteiger partial charge is 0.239 e. The van der Waals surface area contributed by atoms with E-state index in [4.69, 9.17) is 0 Å². The van der Waals surface area contributed by atoms with E-state index in [1.54, 1.807) is 30.3 Å². The van der Waals surface area contributed by atoms with E-state index in [2.05, 4.69) is 10.6 Å². The highest BCUT2D eigenvalue weighted by Crippen LogP contribution is 2.28. The lowest BCUT2D eigenvalue weighted by molar-refractivity contribution is -0.130. The molecule has 0 bridgehead atoms. The van der Waals surface area contributed by atoms with Crippen molar-refractivity contribution in [1.82, 2.24) is 10.6 Å². The third-order valence-corrected chi connectivity index (χ3v) is 9.64. The first-order valence-electron chi connectivity index (χ1n) is 12.9. The standard InChI is InChI=1S/C27H42N2O6S/c1-27(2,3)36(34,35)26(33)23(18-21-12-8-5-9-13-21)25(32)28-19-24(31)29-22(16-17-30)15-14-20-10-6-4-7-11-20/h5,8-9,12-13,17,20,22-23,26,33H,4,6-7,10-11,14-16,18-19H2,1-3H3,(H,28,32)(H,29,31)/t22-,23?,26?/m0/s1. The molecule has 2 amide bonds. The number of carbonyl (C=O) groups excluding carboxylic acids is 3. The van der Waals surface area contributed by atoms with Crippen LogP contribution in [0, 0.1) is 11.8 Å². The summed E-state index contributed by atoms with van der Waals surface area (Å²) in [7, 11) is -4.07. The molecule has 0 radical (unpaired) electrons. The summed E-state index contributed by atoms with van der Waals surface area (Å²) in [6.07, 6.45) is 8.70. The van der Waals surface area contributed by atoms with Gasteiger partial charge in [-0.15, -0.1) is 0 Å². The first kappa shape index (κ1) is 30.0. The van der Waals surface area contributed by atoms with Gasteiger partial charge in [-0.3, -0.25) is 9.59 Å². The van der Waals surface area contributed by atoms with Gasteiger partial charge in [0.2, 0.25) is 11.8 Å². The van der Waals surface area contributed by atoms with Gasteiger partial charge in [-0.2, -0.15) is 0 Å². The molecule has 1 aliphatic carbocycles. The van der Waals surface area contributed by atoms with Crippen LogP contribution in [-0.4, -0.2) is 54.4 Å². The average Bonchev–Trinajstić information content (AvgIpc) is 2.84. The number of aldehydes is 1. The van der Waals surface area contributed by atoms with Crippen molar-refractivity contribution < 1.29 is 27.9 Å². The number of benzene rings is 1. The molecule has 8 nitrogen and oxygen atoms in total. The fraction of sp³-hybridized carbons (Fsp3) is 0.667. The number of carbonyl (C=O) groups is 3. The van der Waals surface area contributed by atoms with Crippen molar-refractivity contribution >= 4 is 27.9 Å². The molecule has 2 rings (SSSR count). The molecule has 9 heteroatoms. The maximum atomic E-state index is 13.0. The van der Waals surface area contributed by atoms with E-state index in [0.29, 0.717) is 17.9 Å². The summed E-state index contributed by atoms with van der Waals surface area (Å²) in [5, 5.41) is 16.1. The molecule has 0 aliphatic heterocycles. The average molecular weight is 523 g/mol. The second kappa shape index (κ2) is 13.9. The molecule has 0 spiro atoms. The van der Waals surface area contributed by atoms with Crippen molar-refractivity contribution in [2.45, 2.75) is 94.8 Å². The summed E-state index contributed by atoms with van der Waals surface area (Å²) >= 11 is 0. The predicted molar refractivity (Wildman–Crippen MR) is 140 cm³/mol. The molecule has 2 unspecified atom stereocenters. The number of aliphatic hydroxyl groups excluding tert-OH is 1. The Morgan fingerprint density at radius 3 is 2.33 bits per heavy atom. The van der Waals surface area contributed by atoms with Crippen LogP contribution in [0.3, 0.4) is 0 Å². The molecule has 0 aromatic heterocycles. The van der Waals surface area contributed by atoms with Crippen LogP contribution in [0.4, 0.5) is 0 Å². The number of sulfone groups is 1. The summed E-state index contributed by atoms with van der Waals surface area (Å²) in [6.45, 7) is 4.04. The largest absolute Gasteiger partial charge is 0.376 e. The number of amides is 2. The second-order valence-corrected chi connectivity index (χ2v) is 13.6. The SMILES string of the molecule is CC(C)(C)S(=O)(=O)C(O)C(Cc1ccccc1)C(=O)NCC(=O)N[C@H](CC=O)CCC1CCCCC1. The Kier molecular flexibility index (Phi) is 11.6. The van der Waals surface area contributed by atoms with Crippen LogP contribution >= 0.6 is 0 Å². The summed E-state index contributed by atoms with van der Waals surface area (Å²) in [6, 6.07) is 8.53. The zero-order chi connectivity index (χ0) is 26.8. The first-order chi connectivity index (χ1) is 17.0. The van der Waals surface area contributed by atoms with E-state index in [1.165, 1.54) is 52.9 Å². The maximum Gasteiger partial charge on any atom is 0.239 e. The molecule has 1 aromatic carbocycles. The predicted octanol–water partition coefficient (Wildman–Crippen LogP) is 2.93. The van der Waals surface area contributed by atoms with Gasteiger partial charge >= 0.3 is 0 Å². The molecule has 1 aromatic rings. The summed E-state index contributed by atoms with van der Waals surface area (Å²) in [4.78, 5) is 36.7.